The molecule has 1 fully saturated rings. The van der Waals surface area contributed by atoms with E-state index in [1.54, 1.807) is 0 Å². The number of thiazole rings is 1. The monoisotopic (exact) mass is 241 g/mol. The van der Waals surface area contributed by atoms with Crippen molar-refractivity contribution in [3.63, 3.8) is 0 Å². The SMILES string of the molecule is CC1CCCCC1Nc1ncc([N+](=O)[O-])s1. The molecule has 2 unspecified atom stereocenters. The molecule has 0 saturated heterocycles. The minimum absolute atomic E-state index is 0.103. The largest absolute Gasteiger partial charge is 0.358 e. The molecule has 88 valence electrons. The van der Waals surface area contributed by atoms with Gasteiger partial charge in [-0.25, -0.2) is 4.98 Å². The molecule has 0 bridgehead atoms. The predicted octanol–water partition coefficient (Wildman–Crippen LogP) is 3.04. The lowest BCUT2D eigenvalue weighted by Crippen LogP contribution is -2.30. The molecule has 1 aliphatic carbocycles. The number of hydrogen-bond acceptors (Lipinski definition) is 5. The molecule has 0 aliphatic heterocycles. The highest BCUT2D eigenvalue weighted by atomic mass is 32.1. The first kappa shape index (κ1) is 11.3. The highest BCUT2D eigenvalue weighted by molar-refractivity contribution is 7.18. The molecule has 1 heterocycles. The van der Waals surface area contributed by atoms with Gasteiger partial charge in [0.05, 0.1) is 4.92 Å². The smallest absolute Gasteiger partial charge is 0.345 e. The molecule has 16 heavy (non-hydrogen) atoms. The van der Waals surface area contributed by atoms with E-state index in [2.05, 4.69) is 17.2 Å². The molecule has 0 radical (unpaired) electrons. The Morgan fingerprint density at radius 2 is 2.31 bits per heavy atom. The van der Waals surface area contributed by atoms with Crippen molar-refractivity contribution >= 4 is 21.5 Å². The molecule has 1 N–H and O–H groups in total. The summed E-state index contributed by atoms with van der Waals surface area (Å²) in [5.74, 6) is 0.622. The summed E-state index contributed by atoms with van der Waals surface area (Å²) in [7, 11) is 0. The minimum atomic E-state index is -0.396. The van der Waals surface area contributed by atoms with Crippen LogP contribution in [0.4, 0.5) is 10.1 Å². The number of hydrogen-bond donors (Lipinski definition) is 1. The van der Waals surface area contributed by atoms with Crippen molar-refractivity contribution in [3.05, 3.63) is 16.3 Å². The van der Waals surface area contributed by atoms with Gasteiger partial charge in [-0.05, 0) is 30.1 Å². The molecule has 1 aromatic rings. The van der Waals surface area contributed by atoms with Gasteiger partial charge in [-0.2, -0.15) is 0 Å². The van der Waals surface area contributed by atoms with Crippen LogP contribution in [-0.2, 0) is 0 Å². The Morgan fingerprint density at radius 1 is 1.56 bits per heavy atom. The van der Waals surface area contributed by atoms with Gasteiger partial charge in [0.2, 0.25) is 0 Å². The first-order chi connectivity index (χ1) is 7.66. The van der Waals surface area contributed by atoms with Crippen molar-refractivity contribution in [1.29, 1.82) is 0 Å². The second-order valence-electron chi connectivity index (χ2n) is 4.27. The molecule has 0 aromatic carbocycles. The van der Waals surface area contributed by atoms with E-state index >= 15 is 0 Å². The fourth-order valence-electron chi connectivity index (χ4n) is 2.11. The molecule has 2 atom stereocenters. The summed E-state index contributed by atoms with van der Waals surface area (Å²) < 4.78 is 0. The standard InChI is InChI=1S/C10H15N3O2S/c1-7-4-2-3-5-8(7)12-10-11-6-9(16-10)13(14)15/h6-8H,2-5H2,1H3,(H,11,12). The lowest BCUT2D eigenvalue weighted by atomic mass is 9.86. The van der Waals surface area contributed by atoms with Gasteiger partial charge in [-0.1, -0.05) is 19.8 Å². The highest BCUT2D eigenvalue weighted by Crippen LogP contribution is 2.30. The van der Waals surface area contributed by atoms with Gasteiger partial charge in [0.1, 0.15) is 6.20 Å². The quantitative estimate of drug-likeness (QED) is 0.652. The number of nitrogens with one attached hydrogen (secondary N) is 1. The van der Waals surface area contributed by atoms with Crippen molar-refractivity contribution < 1.29 is 4.92 Å². The van der Waals surface area contributed by atoms with Gasteiger partial charge in [0.15, 0.2) is 5.13 Å². The molecule has 1 saturated carbocycles. The van der Waals surface area contributed by atoms with E-state index in [4.69, 9.17) is 0 Å². The fourth-order valence-corrected chi connectivity index (χ4v) is 2.80. The third kappa shape index (κ3) is 2.49. The van der Waals surface area contributed by atoms with Crippen molar-refractivity contribution in [3.8, 4) is 0 Å². The van der Waals surface area contributed by atoms with Crippen LogP contribution in [-0.4, -0.2) is 15.9 Å². The molecule has 6 heteroatoms. The van der Waals surface area contributed by atoms with Crippen molar-refractivity contribution in [2.75, 3.05) is 5.32 Å². The van der Waals surface area contributed by atoms with Crippen LogP contribution in [0.15, 0.2) is 6.20 Å². The highest BCUT2D eigenvalue weighted by Gasteiger charge is 2.22. The number of nitrogens with zero attached hydrogens (tertiary/aromatic N) is 2. The van der Waals surface area contributed by atoms with Gasteiger partial charge >= 0.3 is 5.00 Å². The summed E-state index contributed by atoms with van der Waals surface area (Å²) in [5, 5.41) is 14.6. The van der Waals surface area contributed by atoms with Gasteiger partial charge in [0, 0.05) is 6.04 Å². The molecule has 0 amide bonds. The Kier molecular flexibility index (Phi) is 3.38. The van der Waals surface area contributed by atoms with E-state index in [0.29, 0.717) is 17.1 Å². The van der Waals surface area contributed by atoms with E-state index in [1.165, 1.54) is 25.5 Å². The second kappa shape index (κ2) is 4.78. The Balaban J connectivity index is 1.99. The summed E-state index contributed by atoms with van der Waals surface area (Å²) >= 11 is 1.12. The first-order valence-corrected chi connectivity index (χ1v) is 6.35. The van der Waals surface area contributed by atoms with Crippen molar-refractivity contribution in [2.24, 2.45) is 5.92 Å². The van der Waals surface area contributed by atoms with Crippen molar-refractivity contribution in [1.82, 2.24) is 4.98 Å². The average Bonchev–Trinajstić information content (AvgIpc) is 2.70. The van der Waals surface area contributed by atoms with Crippen LogP contribution in [0.1, 0.15) is 32.6 Å². The Hall–Kier alpha value is -1.17. The number of nitro groups is 1. The summed E-state index contributed by atoms with van der Waals surface area (Å²) in [6, 6.07) is 0.416. The van der Waals surface area contributed by atoms with Crippen LogP contribution < -0.4 is 5.32 Å². The maximum atomic E-state index is 10.5. The minimum Gasteiger partial charge on any atom is -0.358 e. The Bertz CT molecular complexity index is 380. The maximum Gasteiger partial charge on any atom is 0.345 e. The lowest BCUT2D eigenvalue weighted by Gasteiger charge is -2.29. The van der Waals surface area contributed by atoms with Gasteiger partial charge in [-0.3, -0.25) is 10.1 Å². The summed E-state index contributed by atoms with van der Waals surface area (Å²) in [4.78, 5) is 14.2. The zero-order valence-corrected chi connectivity index (χ0v) is 10.00. The van der Waals surface area contributed by atoms with Crippen molar-refractivity contribution in [2.45, 2.75) is 38.6 Å². The van der Waals surface area contributed by atoms with Gasteiger partial charge < -0.3 is 5.32 Å². The van der Waals surface area contributed by atoms with E-state index in [-0.39, 0.29) is 5.00 Å². The zero-order chi connectivity index (χ0) is 11.5. The van der Waals surface area contributed by atoms with E-state index in [0.717, 1.165) is 17.8 Å². The predicted molar refractivity (Wildman–Crippen MR) is 63.8 cm³/mol. The molecule has 1 aliphatic rings. The number of aromatic nitrogens is 1. The van der Waals surface area contributed by atoms with E-state index in [9.17, 15) is 10.1 Å². The fraction of sp³-hybridized carbons (Fsp3) is 0.700. The van der Waals surface area contributed by atoms with Crippen LogP contribution in [0.2, 0.25) is 0 Å². The summed E-state index contributed by atoms with van der Waals surface area (Å²) in [6.45, 7) is 2.22. The third-order valence-electron chi connectivity index (χ3n) is 3.09. The van der Waals surface area contributed by atoms with Gasteiger partial charge in [-0.15, -0.1) is 0 Å². The topological polar surface area (TPSA) is 68.1 Å². The zero-order valence-electron chi connectivity index (χ0n) is 9.18. The maximum absolute atomic E-state index is 10.5. The molecular formula is C10H15N3O2S. The lowest BCUT2D eigenvalue weighted by molar-refractivity contribution is -0.380. The van der Waals surface area contributed by atoms with Crippen LogP contribution in [0, 0.1) is 16.0 Å². The third-order valence-corrected chi connectivity index (χ3v) is 3.97. The Labute approximate surface area is 98.0 Å². The van der Waals surface area contributed by atoms with Crippen LogP contribution in [0.5, 0.6) is 0 Å². The molecule has 5 nitrogen and oxygen atoms in total. The molecule has 1 aromatic heterocycles. The van der Waals surface area contributed by atoms with Crippen LogP contribution >= 0.6 is 11.3 Å². The van der Waals surface area contributed by atoms with Crippen LogP contribution in [0.25, 0.3) is 0 Å². The normalized spacial score (nSPS) is 25.3. The van der Waals surface area contributed by atoms with E-state index < -0.39 is 4.92 Å². The average molecular weight is 241 g/mol. The number of anilines is 1. The summed E-state index contributed by atoms with van der Waals surface area (Å²) in [5.41, 5.74) is 0. The number of rotatable bonds is 3. The molecule has 2 rings (SSSR count). The van der Waals surface area contributed by atoms with Crippen LogP contribution in [0.3, 0.4) is 0 Å². The first-order valence-electron chi connectivity index (χ1n) is 5.53. The Morgan fingerprint density at radius 3 is 2.94 bits per heavy atom. The second-order valence-corrected chi connectivity index (χ2v) is 5.28. The summed E-state index contributed by atoms with van der Waals surface area (Å²) in [6.07, 6.45) is 6.20. The van der Waals surface area contributed by atoms with E-state index in [1.807, 2.05) is 0 Å². The molecule has 0 spiro atoms. The molecular weight excluding hydrogens is 226 g/mol. The van der Waals surface area contributed by atoms with Gasteiger partial charge in [0.25, 0.3) is 0 Å².